The summed E-state index contributed by atoms with van der Waals surface area (Å²) >= 11 is 0. The normalized spacial score (nSPS) is 12.1. The summed E-state index contributed by atoms with van der Waals surface area (Å²) in [6, 6.07) is 3.91. The predicted molar refractivity (Wildman–Crippen MR) is 77.3 cm³/mol. The molecule has 0 aromatic heterocycles. The van der Waals surface area contributed by atoms with Gasteiger partial charge in [0.2, 0.25) is 5.75 Å². The minimum atomic E-state index is 0.646. The third-order valence-electron chi connectivity index (χ3n) is 3.29. The molecule has 0 aliphatic heterocycles. The largest absolute Gasteiger partial charge is 0.493 e. The first-order valence-electron chi connectivity index (χ1n) is 6.66. The van der Waals surface area contributed by atoms with Crippen LogP contribution < -0.4 is 19.5 Å². The van der Waals surface area contributed by atoms with E-state index in [1.807, 2.05) is 12.1 Å². The number of ether oxygens (including phenoxy) is 3. The lowest BCUT2D eigenvalue weighted by molar-refractivity contribution is 0.321. The summed E-state index contributed by atoms with van der Waals surface area (Å²) in [5.74, 6) is 2.74. The van der Waals surface area contributed by atoms with Crippen LogP contribution >= 0.6 is 0 Å². The van der Waals surface area contributed by atoms with Gasteiger partial charge in [0, 0.05) is 12.1 Å². The average molecular weight is 267 g/mol. The third kappa shape index (κ3) is 4.03. The van der Waals surface area contributed by atoms with Crippen LogP contribution in [0.1, 0.15) is 25.8 Å². The molecular formula is C15H25NO3. The zero-order valence-electron chi connectivity index (χ0n) is 12.6. The second kappa shape index (κ2) is 7.89. The first-order chi connectivity index (χ1) is 9.17. The molecule has 19 heavy (non-hydrogen) atoms. The van der Waals surface area contributed by atoms with Gasteiger partial charge < -0.3 is 19.5 Å². The van der Waals surface area contributed by atoms with Gasteiger partial charge in [0.1, 0.15) is 0 Å². The van der Waals surface area contributed by atoms with Crippen molar-refractivity contribution in [2.45, 2.75) is 26.8 Å². The second-order valence-electron chi connectivity index (χ2n) is 4.64. The van der Waals surface area contributed by atoms with E-state index in [0.717, 1.165) is 24.4 Å². The lowest BCUT2D eigenvalue weighted by atomic mass is 10.1. The Bertz CT molecular complexity index is 393. The number of hydrogen-bond donors (Lipinski definition) is 1. The van der Waals surface area contributed by atoms with Crippen LogP contribution in [0.2, 0.25) is 0 Å². The van der Waals surface area contributed by atoms with Gasteiger partial charge in [-0.2, -0.15) is 0 Å². The topological polar surface area (TPSA) is 39.7 Å². The zero-order chi connectivity index (χ0) is 14.3. The number of rotatable bonds is 8. The summed E-state index contributed by atoms with van der Waals surface area (Å²) in [5, 5.41) is 3.44. The quantitative estimate of drug-likeness (QED) is 0.786. The number of methoxy groups -OCH3 is 3. The first-order valence-corrected chi connectivity index (χ1v) is 6.66. The summed E-state index contributed by atoms with van der Waals surface area (Å²) < 4.78 is 16.1. The molecule has 0 fully saturated rings. The molecule has 1 atom stereocenters. The Morgan fingerprint density at radius 3 is 2.26 bits per heavy atom. The number of hydrogen-bond acceptors (Lipinski definition) is 4. The number of nitrogens with one attached hydrogen (secondary N) is 1. The van der Waals surface area contributed by atoms with Crippen LogP contribution in [-0.2, 0) is 6.54 Å². The third-order valence-corrected chi connectivity index (χ3v) is 3.29. The van der Waals surface area contributed by atoms with Gasteiger partial charge in [-0.15, -0.1) is 0 Å². The van der Waals surface area contributed by atoms with Gasteiger partial charge in [0.25, 0.3) is 0 Å². The number of benzene rings is 1. The highest BCUT2D eigenvalue weighted by Gasteiger charge is 2.15. The molecule has 108 valence electrons. The summed E-state index contributed by atoms with van der Waals surface area (Å²) in [5.41, 5.74) is 1.07. The Hall–Kier alpha value is -1.42. The lowest BCUT2D eigenvalue weighted by Crippen LogP contribution is -2.20. The Morgan fingerprint density at radius 2 is 1.74 bits per heavy atom. The van der Waals surface area contributed by atoms with Crippen LogP contribution in [0.25, 0.3) is 0 Å². The van der Waals surface area contributed by atoms with Crippen LogP contribution in [0.4, 0.5) is 0 Å². The molecule has 0 aliphatic rings. The maximum Gasteiger partial charge on any atom is 0.203 e. The molecule has 1 N–H and O–H groups in total. The highest BCUT2D eigenvalue weighted by Crippen LogP contribution is 2.39. The minimum absolute atomic E-state index is 0.646. The molecule has 0 saturated carbocycles. The van der Waals surface area contributed by atoms with Gasteiger partial charge in [0.05, 0.1) is 21.3 Å². The molecule has 0 heterocycles. The van der Waals surface area contributed by atoms with Crippen molar-refractivity contribution in [2.24, 2.45) is 5.92 Å². The molecule has 4 nitrogen and oxygen atoms in total. The predicted octanol–water partition coefficient (Wildman–Crippen LogP) is 2.85. The molecule has 0 spiro atoms. The van der Waals surface area contributed by atoms with Crippen LogP contribution in [0.5, 0.6) is 17.2 Å². The first kappa shape index (κ1) is 15.6. The summed E-state index contributed by atoms with van der Waals surface area (Å²) in [4.78, 5) is 0. The van der Waals surface area contributed by atoms with Crippen LogP contribution in [0.3, 0.4) is 0 Å². The van der Waals surface area contributed by atoms with Crippen molar-refractivity contribution in [1.82, 2.24) is 5.32 Å². The van der Waals surface area contributed by atoms with Crippen LogP contribution in [0, 0.1) is 5.92 Å². The van der Waals surface area contributed by atoms with Gasteiger partial charge >= 0.3 is 0 Å². The standard InChI is InChI=1S/C15H25NO3/c1-6-11(2)9-16-10-12-7-8-13(17-3)15(19-5)14(12)18-4/h7-8,11,16H,6,9-10H2,1-5H3. The molecule has 0 aliphatic carbocycles. The van der Waals surface area contributed by atoms with Crippen molar-refractivity contribution < 1.29 is 14.2 Å². The lowest BCUT2D eigenvalue weighted by Gasteiger charge is -2.17. The molecule has 0 saturated heterocycles. The van der Waals surface area contributed by atoms with E-state index in [4.69, 9.17) is 14.2 Å². The SMILES string of the molecule is CCC(C)CNCc1ccc(OC)c(OC)c1OC. The zero-order valence-corrected chi connectivity index (χ0v) is 12.6. The molecule has 0 radical (unpaired) electrons. The van der Waals surface area contributed by atoms with Crippen molar-refractivity contribution >= 4 is 0 Å². The van der Waals surface area contributed by atoms with E-state index in [1.54, 1.807) is 21.3 Å². The Kier molecular flexibility index (Phi) is 6.50. The monoisotopic (exact) mass is 267 g/mol. The Labute approximate surface area is 116 Å². The second-order valence-corrected chi connectivity index (χ2v) is 4.64. The molecule has 1 aromatic carbocycles. The van der Waals surface area contributed by atoms with Crippen LogP contribution in [0.15, 0.2) is 12.1 Å². The van der Waals surface area contributed by atoms with E-state index in [2.05, 4.69) is 19.2 Å². The Morgan fingerprint density at radius 1 is 1.05 bits per heavy atom. The fourth-order valence-electron chi connectivity index (χ4n) is 1.90. The summed E-state index contributed by atoms with van der Waals surface area (Å²) in [6.45, 7) is 6.18. The maximum atomic E-state index is 5.45. The maximum absolute atomic E-state index is 5.45. The van der Waals surface area contributed by atoms with E-state index in [9.17, 15) is 0 Å². The van der Waals surface area contributed by atoms with Crippen molar-refractivity contribution in [2.75, 3.05) is 27.9 Å². The van der Waals surface area contributed by atoms with E-state index in [1.165, 1.54) is 6.42 Å². The van der Waals surface area contributed by atoms with Crippen molar-refractivity contribution in [3.8, 4) is 17.2 Å². The molecule has 4 heteroatoms. The average Bonchev–Trinajstić information content (AvgIpc) is 2.45. The van der Waals surface area contributed by atoms with Gasteiger partial charge in [-0.25, -0.2) is 0 Å². The van der Waals surface area contributed by atoms with Crippen molar-refractivity contribution in [3.05, 3.63) is 17.7 Å². The highest BCUT2D eigenvalue weighted by molar-refractivity contribution is 5.55. The molecule has 1 rings (SSSR count). The van der Waals surface area contributed by atoms with E-state index < -0.39 is 0 Å². The minimum Gasteiger partial charge on any atom is -0.493 e. The molecular weight excluding hydrogens is 242 g/mol. The van der Waals surface area contributed by atoms with Crippen LogP contribution in [-0.4, -0.2) is 27.9 Å². The van der Waals surface area contributed by atoms with Crippen molar-refractivity contribution in [1.29, 1.82) is 0 Å². The summed E-state index contributed by atoms with van der Waals surface area (Å²) in [7, 11) is 4.89. The van der Waals surface area contributed by atoms with E-state index in [-0.39, 0.29) is 0 Å². The fraction of sp³-hybridized carbons (Fsp3) is 0.600. The smallest absolute Gasteiger partial charge is 0.203 e. The van der Waals surface area contributed by atoms with Gasteiger partial charge in [-0.05, 0) is 18.5 Å². The molecule has 1 unspecified atom stereocenters. The molecule has 0 amide bonds. The molecule has 1 aromatic rings. The molecule has 0 bridgehead atoms. The summed E-state index contributed by atoms with van der Waals surface area (Å²) in [6.07, 6.45) is 1.18. The van der Waals surface area contributed by atoms with E-state index >= 15 is 0 Å². The highest BCUT2D eigenvalue weighted by atomic mass is 16.5. The Balaban J connectivity index is 2.83. The van der Waals surface area contributed by atoms with Gasteiger partial charge in [0.15, 0.2) is 11.5 Å². The van der Waals surface area contributed by atoms with Crippen molar-refractivity contribution in [3.63, 3.8) is 0 Å². The van der Waals surface area contributed by atoms with E-state index in [0.29, 0.717) is 17.4 Å². The van der Waals surface area contributed by atoms with Gasteiger partial charge in [-0.3, -0.25) is 0 Å². The fourth-order valence-corrected chi connectivity index (χ4v) is 1.90. The van der Waals surface area contributed by atoms with Gasteiger partial charge in [-0.1, -0.05) is 26.3 Å².